The summed E-state index contributed by atoms with van der Waals surface area (Å²) in [6.45, 7) is 2.13. The van der Waals surface area contributed by atoms with Gasteiger partial charge >= 0.3 is 0 Å². The van der Waals surface area contributed by atoms with Gasteiger partial charge in [0.2, 0.25) is 0 Å². The first kappa shape index (κ1) is 16.3. The smallest absolute Gasteiger partial charge is 0.121 e. The quantitative estimate of drug-likeness (QED) is 0.733. The number of benzene rings is 1. The van der Waals surface area contributed by atoms with Gasteiger partial charge in [0, 0.05) is 47.2 Å². The van der Waals surface area contributed by atoms with Crippen molar-refractivity contribution in [1.29, 1.82) is 0 Å². The maximum atomic E-state index is 11.3. The summed E-state index contributed by atoms with van der Waals surface area (Å²) in [5.41, 5.74) is 1.99. The standard InChI is InChI=1S/C15H21ClN2O2S/c1-11(7-9-21(3)19)18-14-10-12(20-2)4-5-13(14)17-15(18)6-8-16/h4-5,10-11H,6-9H2,1-3H3. The number of imidazole rings is 1. The van der Waals surface area contributed by atoms with E-state index >= 15 is 0 Å². The van der Waals surface area contributed by atoms with E-state index in [4.69, 9.17) is 16.3 Å². The van der Waals surface area contributed by atoms with Crippen LogP contribution < -0.4 is 4.74 Å². The fourth-order valence-electron chi connectivity index (χ4n) is 2.47. The number of hydrogen-bond donors (Lipinski definition) is 0. The van der Waals surface area contributed by atoms with Crippen LogP contribution in [0.3, 0.4) is 0 Å². The molecule has 21 heavy (non-hydrogen) atoms. The molecule has 2 aromatic rings. The Morgan fingerprint density at radius 1 is 1.48 bits per heavy atom. The van der Waals surface area contributed by atoms with Gasteiger partial charge in [-0.15, -0.1) is 11.6 Å². The number of ether oxygens (including phenoxy) is 1. The Hall–Kier alpha value is -1.07. The molecule has 116 valence electrons. The molecule has 6 heteroatoms. The van der Waals surface area contributed by atoms with Crippen LogP contribution in [-0.4, -0.2) is 38.8 Å². The van der Waals surface area contributed by atoms with Crippen molar-refractivity contribution in [2.24, 2.45) is 0 Å². The summed E-state index contributed by atoms with van der Waals surface area (Å²) in [6, 6.07) is 6.10. The molecule has 1 heterocycles. The molecule has 1 aromatic heterocycles. The van der Waals surface area contributed by atoms with Gasteiger partial charge in [-0.2, -0.15) is 0 Å². The number of alkyl halides is 1. The second-order valence-corrected chi connectivity index (χ2v) is 7.04. The third-order valence-electron chi connectivity index (χ3n) is 3.55. The molecule has 1 aromatic carbocycles. The molecule has 0 amide bonds. The van der Waals surface area contributed by atoms with Crippen molar-refractivity contribution in [2.75, 3.05) is 25.0 Å². The monoisotopic (exact) mass is 328 g/mol. The molecule has 0 aliphatic heterocycles. The molecule has 0 fully saturated rings. The first-order valence-electron chi connectivity index (χ1n) is 6.97. The minimum atomic E-state index is -0.782. The van der Waals surface area contributed by atoms with E-state index in [2.05, 4.69) is 16.5 Å². The number of fused-ring (bicyclic) bond motifs is 1. The van der Waals surface area contributed by atoms with Gasteiger partial charge in [-0.05, 0) is 25.5 Å². The van der Waals surface area contributed by atoms with Crippen LogP contribution in [0.5, 0.6) is 5.75 Å². The van der Waals surface area contributed by atoms with Crippen molar-refractivity contribution in [3.8, 4) is 5.75 Å². The highest BCUT2D eigenvalue weighted by Crippen LogP contribution is 2.27. The van der Waals surface area contributed by atoms with Gasteiger partial charge in [-0.25, -0.2) is 4.98 Å². The van der Waals surface area contributed by atoms with Gasteiger partial charge in [0.1, 0.15) is 11.6 Å². The lowest BCUT2D eigenvalue weighted by molar-refractivity contribution is 0.415. The minimum absolute atomic E-state index is 0.226. The molecule has 0 aliphatic carbocycles. The van der Waals surface area contributed by atoms with Crippen molar-refractivity contribution in [3.05, 3.63) is 24.0 Å². The summed E-state index contributed by atoms with van der Waals surface area (Å²) in [4.78, 5) is 4.67. The fraction of sp³-hybridized carbons (Fsp3) is 0.533. The molecule has 2 atom stereocenters. The van der Waals surface area contributed by atoms with E-state index in [1.807, 2.05) is 18.2 Å². The average molecular weight is 329 g/mol. The molecule has 0 N–H and O–H groups in total. The molecule has 0 radical (unpaired) electrons. The topological polar surface area (TPSA) is 44.1 Å². The van der Waals surface area contributed by atoms with Crippen LogP contribution in [0.15, 0.2) is 18.2 Å². The fourth-order valence-corrected chi connectivity index (χ4v) is 3.31. The molecule has 2 rings (SSSR count). The molecule has 0 saturated heterocycles. The van der Waals surface area contributed by atoms with Gasteiger partial charge < -0.3 is 9.30 Å². The average Bonchev–Trinajstić information content (AvgIpc) is 2.82. The van der Waals surface area contributed by atoms with Crippen LogP contribution in [0.2, 0.25) is 0 Å². The summed E-state index contributed by atoms with van der Waals surface area (Å²) in [7, 11) is 0.876. The van der Waals surface area contributed by atoms with E-state index in [1.54, 1.807) is 13.4 Å². The Kier molecular flexibility index (Phi) is 5.65. The van der Waals surface area contributed by atoms with E-state index in [9.17, 15) is 4.21 Å². The normalized spacial score (nSPS) is 14.3. The summed E-state index contributed by atoms with van der Waals surface area (Å²) >= 11 is 5.90. The minimum Gasteiger partial charge on any atom is -0.497 e. The molecule has 0 saturated carbocycles. The molecular weight excluding hydrogens is 308 g/mol. The molecule has 0 aliphatic rings. The zero-order chi connectivity index (χ0) is 15.4. The van der Waals surface area contributed by atoms with Crippen molar-refractivity contribution >= 4 is 33.4 Å². The van der Waals surface area contributed by atoms with Gasteiger partial charge in [-0.3, -0.25) is 4.21 Å². The lowest BCUT2D eigenvalue weighted by Crippen LogP contribution is -2.12. The molecular formula is C15H21ClN2O2S. The highest BCUT2D eigenvalue weighted by atomic mass is 35.5. The van der Waals surface area contributed by atoms with Crippen molar-refractivity contribution in [1.82, 2.24) is 9.55 Å². The number of hydrogen-bond acceptors (Lipinski definition) is 3. The second kappa shape index (κ2) is 7.27. The first-order valence-corrected chi connectivity index (χ1v) is 9.23. The number of halogens is 1. The van der Waals surface area contributed by atoms with Crippen molar-refractivity contribution in [3.63, 3.8) is 0 Å². The maximum Gasteiger partial charge on any atom is 0.121 e. The summed E-state index contributed by atoms with van der Waals surface area (Å²) in [5.74, 6) is 3.01. The Morgan fingerprint density at radius 3 is 2.86 bits per heavy atom. The molecule has 0 spiro atoms. The predicted octanol–water partition coefficient (Wildman–Crippen LogP) is 3.16. The van der Waals surface area contributed by atoms with E-state index in [-0.39, 0.29) is 6.04 Å². The SMILES string of the molecule is COc1ccc2nc(CCCl)n(C(C)CCS(C)=O)c2c1. The van der Waals surface area contributed by atoms with Gasteiger partial charge in [0.25, 0.3) is 0 Å². The van der Waals surface area contributed by atoms with Crippen LogP contribution in [0.4, 0.5) is 0 Å². The Labute approximate surface area is 132 Å². The highest BCUT2D eigenvalue weighted by molar-refractivity contribution is 7.84. The summed E-state index contributed by atoms with van der Waals surface area (Å²) < 4.78 is 18.8. The molecule has 0 bridgehead atoms. The van der Waals surface area contributed by atoms with E-state index in [0.29, 0.717) is 11.6 Å². The highest BCUT2D eigenvalue weighted by Gasteiger charge is 2.16. The van der Waals surface area contributed by atoms with Gasteiger partial charge in [0.15, 0.2) is 0 Å². The van der Waals surface area contributed by atoms with Crippen molar-refractivity contribution < 1.29 is 8.95 Å². The van der Waals surface area contributed by atoms with E-state index < -0.39 is 10.8 Å². The largest absolute Gasteiger partial charge is 0.497 e. The van der Waals surface area contributed by atoms with Crippen LogP contribution in [0, 0.1) is 0 Å². The second-order valence-electron chi connectivity index (χ2n) is 5.11. The van der Waals surface area contributed by atoms with Crippen LogP contribution in [0.25, 0.3) is 11.0 Å². The number of aromatic nitrogens is 2. The molecule has 4 nitrogen and oxygen atoms in total. The van der Waals surface area contributed by atoms with E-state index in [0.717, 1.165) is 35.4 Å². The lowest BCUT2D eigenvalue weighted by Gasteiger charge is -2.17. The number of nitrogens with zero attached hydrogens (tertiary/aromatic N) is 2. The predicted molar refractivity (Wildman–Crippen MR) is 89.0 cm³/mol. The summed E-state index contributed by atoms with van der Waals surface area (Å²) in [6.07, 6.45) is 3.31. The van der Waals surface area contributed by atoms with Crippen LogP contribution in [0.1, 0.15) is 25.2 Å². The third-order valence-corrected chi connectivity index (χ3v) is 4.55. The number of methoxy groups -OCH3 is 1. The van der Waals surface area contributed by atoms with Gasteiger partial charge in [-0.1, -0.05) is 0 Å². The van der Waals surface area contributed by atoms with Crippen LogP contribution >= 0.6 is 11.6 Å². The van der Waals surface area contributed by atoms with Crippen LogP contribution in [-0.2, 0) is 17.2 Å². The third kappa shape index (κ3) is 3.77. The first-order chi connectivity index (χ1) is 10.1. The zero-order valence-corrected chi connectivity index (χ0v) is 14.2. The maximum absolute atomic E-state index is 11.3. The van der Waals surface area contributed by atoms with Crippen molar-refractivity contribution in [2.45, 2.75) is 25.8 Å². The van der Waals surface area contributed by atoms with Gasteiger partial charge in [0.05, 0.1) is 18.1 Å². The Morgan fingerprint density at radius 2 is 2.24 bits per heavy atom. The molecule has 2 unspecified atom stereocenters. The number of aryl methyl sites for hydroxylation is 1. The van der Waals surface area contributed by atoms with E-state index in [1.165, 1.54) is 0 Å². The summed E-state index contributed by atoms with van der Waals surface area (Å²) in [5, 5.41) is 0. The Bertz CT molecular complexity index is 642. The Balaban J connectivity index is 2.45. The number of rotatable bonds is 7. The zero-order valence-electron chi connectivity index (χ0n) is 12.6. The lowest BCUT2D eigenvalue weighted by atomic mass is 10.2.